The minimum absolute atomic E-state index is 0.354. The van der Waals surface area contributed by atoms with Crippen LogP contribution >= 0.6 is 0 Å². The average Bonchev–Trinajstić information content (AvgIpc) is 2.37. The molecule has 0 saturated heterocycles. The first-order valence-electron chi connectivity index (χ1n) is 6.65. The van der Waals surface area contributed by atoms with Crippen LogP contribution in [0.1, 0.15) is 60.2 Å². The lowest BCUT2D eigenvalue weighted by Crippen LogP contribution is -2.15. The van der Waals surface area contributed by atoms with E-state index in [1.807, 2.05) is 6.92 Å². The zero-order valence-corrected chi connectivity index (χ0v) is 11.6. The molecule has 110 valence electrons. The number of carbonyl (C=O) groups is 2. The molecule has 0 saturated carbocycles. The molecule has 1 aromatic rings. The molecule has 1 aromatic carbocycles. The van der Waals surface area contributed by atoms with E-state index < -0.39 is 34.9 Å². The summed E-state index contributed by atoms with van der Waals surface area (Å²) in [5.41, 5.74) is -1.04. The first-order valence-corrected chi connectivity index (χ1v) is 6.65. The molecule has 0 aliphatic carbocycles. The van der Waals surface area contributed by atoms with Gasteiger partial charge >= 0.3 is 5.97 Å². The second-order valence-corrected chi connectivity index (χ2v) is 4.88. The zero-order valence-electron chi connectivity index (χ0n) is 11.6. The van der Waals surface area contributed by atoms with Crippen molar-refractivity contribution < 1.29 is 23.5 Å². The second-order valence-electron chi connectivity index (χ2n) is 4.88. The van der Waals surface area contributed by atoms with Crippen LogP contribution in [0.5, 0.6) is 0 Å². The van der Waals surface area contributed by atoms with Gasteiger partial charge in [0.2, 0.25) is 0 Å². The summed E-state index contributed by atoms with van der Waals surface area (Å²) < 4.78 is 26.9. The standard InChI is InChI=1S/C15H18F2O3/c1-3-4-5-6-9(2)14(18)10-7-11(15(19)20)13(17)8-12(10)16/h7-9H,3-6H2,1-2H3,(H,19,20). The van der Waals surface area contributed by atoms with Crippen molar-refractivity contribution in [3.8, 4) is 0 Å². The monoisotopic (exact) mass is 284 g/mol. The Morgan fingerprint density at radius 2 is 1.75 bits per heavy atom. The molecule has 1 unspecified atom stereocenters. The second kappa shape index (κ2) is 7.12. The van der Waals surface area contributed by atoms with E-state index in [1.165, 1.54) is 0 Å². The number of hydrogen-bond donors (Lipinski definition) is 1. The number of halogens is 2. The van der Waals surface area contributed by atoms with Crippen LogP contribution in [0.2, 0.25) is 0 Å². The summed E-state index contributed by atoms with van der Waals surface area (Å²) in [5.74, 6) is -4.61. The van der Waals surface area contributed by atoms with Crippen molar-refractivity contribution >= 4 is 11.8 Å². The highest BCUT2D eigenvalue weighted by atomic mass is 19.1. The Morgan fingerprint density at radius 1 is 1.15 bits per heavy atom. The van der Waals surface area contributed by atoms with E-state index in [2.05, 4.69) is 0 Å². The molecule has 1 rings (SSSR count). The molecular weight excluding hydrogens is 266 g/mol. The number of unbranched alkanes of at least 4 members (excludes halogenated alkanes) is 2. The zero-order chi connectivity index (χ0) is 15.3. The predicted octanol–water partition coefficient (Wildman–Crippen LogP) is 4.06. The molecule has 0 bridgehead atoms. The molecule has 5 heteroatoms. The Bertz CT molecular complexity index is 512. The average molecular weight is 284 g/mol. The van der Waals surface area contributed by atoms with E-state index >= 15 is 0 Å². The quantitative estimate of drug-likeness (QED) is 0.606. The fraction of sp³-hybridized carbons (Fsp3) is 0.467. The van der Waals surface area contributed by atoms with Gasteiger partial charge in [0.1, 0.15) is 11.6 Å². The highest BCUT2D eigenvalue weighted by Gasteiger charge is 2.22. The van der Waals surface area contributed by atoms with Gasteiger partial charge in [-0.3, -0.25) is 4.79 Å². The third kappa shape index (κ3) is 3.85. The van der Waals surface area contributed by atoms with Crippen LogP contribution in [0.3, 0.4) is 0 Å². The summed E-state index contributed by atoms with van der Waals surface area (Å²) in [6.45, 7) is 3.70. The summed E-state index contributed by atoms with van der Waals surface area (Å²) in [4.78, 5) is 22.9. The number of carboxylic acid groups (broad SMARTS) is 1. The number of aromatic carboxylic acids is 1. The SMILES string of the molecule is CCCCCC(C)C(=O)c1cc(C(=O)O)c(F)cc1F. The third-order valence-corrected chi connectivity index (χ3v) is 3.24. The number of rotatable bonds is 7. The Hall–Kier alpha value is -1.78. The van der Waals surface area contributed by atoms with Crippen LogP contribution in [0.25, 0.3) is 0 Å². The van der Waals surface area contributed by atoms with Crippen molar-refractivity contribution in [2.75, 3.05) is 0 Å². The maximum atomic E-state index is 13.6. The van der Waals surface area contributed by atoms with Crippen molar-refractivity contribution in [2.45, 2.75) is 39.5 Å². The summed E-state index contributed by atoms with van der Waals surface area (Å²) >= 11 is 0. The van der Waals surface area contributed by atoms with Gasteiger partial charge in [0.25, 0.3) is 0 Å². The highest BCUT2D eigenvalue weighted by Crippen LogP contribution is 2.21. The largest absolute Gasteiger partial charge is 0.478 e. The van der Waals surface area contributed by atoms with Crippen molar-refractivity contribution in [2.24, 2.45) is 5.92 Å². The number of Topliss-reactive ketones (excluding diaryl/α,β-unsaturated/α-hetero) is 1. The molecule has 3 nitrogen and oxygen atoms in total. The number of carbonyl (C=O) groups excluding carboxylic acids is 1. The molecule has 0 aromatic heterocycles. The molecule has 0 spiro atoms. The Balaban J connectivity index is 2.97. The predicted molar refractivity (Wildman–Crippen MR) is 71.0 cm³/mol. The molecule has 1 atom stereocenters. The smallest absolute Gasteiger partial charge is 0.338 e. The van der Waals surface area contributed by atoms with Gasteiger partial charge in [-0.05, 0) is 12.5 Å². The molecule has 0 heterocycles. The summed E-state index contributed by atoms with van der Waals surface area (Å²) in [5, 5.41) is 8.80. The molecule has 0 fully saturated rings. The van der Waals surface area contributed by atoms with Gasteiger partial charge < -0.3 is 5.11 Å². The first-order chi connectivity index (χ1) is 9.38. The maximum Gasteiger partial charge on any atom is 0.338 e. The number of carboxylic acids is 1. The molecule has 0 amide bonds. The van der Waals surface area contributed by atoms with E-state index in [-0.39, 0.29) is 5.56 Å². The number of ketones is 1. The maximum absolute atomic E-state index is 13.6. The van der Waals surface area contributed by atoms with E-state index in [4.69, 9.17) is 5.11 Å². The van der Waals surface area contributed by atoms with Crippen molar-refractivity contribution in [1.82, 2.24) is 0 Å². The molecule has 20 heavy (non-hydrogen) atoms. The van der Waals surface area contributed by atoms with Crippen molar-refractivity contribution in [3.05, 3.63) is 34.9 Å². The topological polar surface area (TPSA) is 54.4 Å². The van der Waals surface area contributed by atoms with Crippen LogP contribution < -0.4 is 0 Å². The van der Waals surface area contributed by atoms with Crippen LogP contribution in [0.15, 0.2) is 12.1 Å². The molecule has 0 radical (unpaired) electrons. The van der Waals surface area contributed by atoms with Gasteiger partial charge in [-0.1, -0.05) is 33.1 Å². The third-order valence-electron chi connectivity index (χ3n) is 3.24. The van der Waals surface area contributed by atoms with E-state index in [1.54, 1.807) is 6.92 Å². The van der Waals surface area contributed by atoms with E-state index in [0.29, 0.717) is 12.5 Å². The van der Waals surface area contributed by atoms with Gasteiger partial charge in [0.05, 0.1) is 11.1 Å². The Kier molecular flexibility index (Phi) is 5.80. The molecule has 0 aliphatic heterocycles. The van der Waals surface area contributed by atoms with Gasteiger partial charge in [0, 0.05) is 12.0 Å². The molecule has 1 N–H and O–H groups in total. The number of hydrogen-bond acceptors (Lipinski definition) is 2. The van der Waals surface area contributed by atoms with E-state index in [9.17, 15) is 18.4 Å². The lowest BCUT2D eigenvalue weighted by atomic mass is 9.93. The van der Waals surface area contributed by atoms with Crippen LogP contribution in [0, 0.1) is 17.6 Å². The Morgan fingerprint density at radius 3 is 2.30 bits per heavy atom. The first kappa shape index (κ1) is 16.3. The summed E-state index contributed by atoms with van der Waals surface area (Å²) in [6, 6.07) is 1.24. The lowest BCUT2D eigenvalue weighted by molar-refractivity contribution is 0.0691. The van der Waals surface area contributed by atoms with Crippen molar-refractivity contribution in [1.29, 1.82) is 0 Å². The minimum atomic E-state index is -1.52. The van der Waals surface area contributed by atoms with Crippen LogP contribution in [-0.2, 0) is 0 Å². The van der Waals surface area contributed by atoms with Crippen LogP contribution in [-0.4, -0.2) is 16.9 Å². The molecule has 0 aliphatic rings. The van der Waals surface area contributed by atoms with E-state index in [0.717, 1.165) is 25.3 Å². The fourth-order valence-electron chi connectivity index (χ4n) is 2.00. The lowest BCUT2D eigenvalue weighted by Gasteiger charge is -2.11. The molecular formula is C15H18F2O3. The fourth-order valence-corrected chi connectivity index (χ4v) is 2.00. The highest BCUT2D eigenvalue weighted by molar-refractivity contribution is 6.00. The van der Waals surface area contributed by atoms with Gasteiger partial charge in [0.15, 0.2) is 5.78 Å². The van der Waals surface area contributed by atoms with Crippen molar-refractivity contribution in [3.63, 3.8) is 0 Å². The Labute approximate surface area is 116 Å². The van der Waals surface area contributed by atoms with Gasteiger partial charge in [-0.15, -0.1) is 0 Å². The normalized spacial score (nSPS) is 12.2. The minimum Gasteiger partial charge on any atom is -0.478 e. The number of benzene rings is 1. The van der Waals surface area contributed by atoms with Crippen LogP contribution in [0.4, 0.5) is 8.78 Å². The summed E-state index contributed by atoms with van der Waals surface area (Å²) in [6.07, 6.45) is 3.43. The summed E-state index contributed by atoms with van der Waals surface area (Å²) in [7, 11) is 0. The van der Waals surface area contributed by atoms with Gasteiger partial charge in [-0.25, -0.2) is 13.6 Å². The van der Waals surface area contributed by atoms with Gasteiger partial charge in [-0.2, -0.15) is 0 Å².